The highest BCUT2D eigenvalue weighted by molar-refractivity contribution is 5.97. The molecule has 1 fully saturated rings. The minimum absolute atomic E-state index is 0.104. The summed E-state index contributed by atoms with van der Waals surface area (Å²) in [5, 5.41) is 2.78. The Kier molecular flexibility index (Phi) is 7.03. The van der Waals surface area contributed by atoms with Crippen molar-refractivity contribution in [2.45, 2.75) is 31.6 Å². The van der Waals surface area contributed by atoms with E-state index in [1.807, 2.05) is 65.6 Å². The lowest BCUT2D eigenvalue weighted by molar-refractivity contribution is -0.116. The fourth-order valence-corrected chi connectivity index (χ4v) is 4.38. The summed E-state index contributed by atoms with van der Waals surface area (Å²) in [6, 6.07) is 21.2. The summed E-state index contributed by atoms with van der Waals surface area (Å²) in [6.07, 6.45) is 4.83. The molecule has 4 rings (SSSR count). The summed E-state index contributed by atoms with van der Waals surface area (Å²) in [5.41, 5.74) is 2.26. The van der Waals surface area contributed by atoms with Gasteiger partial charge in [0.05, 0.1) is 5.56 Å². The predicted octanol–water partition coefficient (Wildman–Crippen LogP) is 4.17. The molecule has 2 aromatic carbocycles. The van der Waals surface area contributed by atoms with Gasteiger partial charge < -0.3 is 14.8 Å². The molecule has 1 N–H and O–H groups in total. The SMILES string of the molecule is Cn1cc(C(=O)N2CCCCC2)cc(NC(=O)CC(c2ccccc2)c2ccccc2)c1=O. The molecule has 1 saturated heterocycles. The number of nitrogens with zero attached hydrogens (tertiary/aromatic N) is 2. The van der Waals surface area contributed by atoms with Crippen molar-refractivity contribution in [2.24, 2.45) is 7.05 Å². The summed E-state index contributed by atoms with van der Waals surface area (Å²) in [6.45, 7) is 1.44. The quantitative estimate of drug-likeness (QED) is 0.622. The Balaban J connectivity index is 1.56. The highest BCUT2D eigenvalue weighted by atomic mass is 16.2. The second-order valence-corrected chi connectivity index (χ2v) is 8.54. The number of hydrogen-bond donors (Lipinski definition) is 1. The number of carbonyl (C=O) groups excluding carboxylic acids is 2. The van der Waals surface area contributed by atoms with Gasteiger partial charge in [0, 0.05) is 38.7 Å². The molecular formula is C27H29N3O3. The predicted molar refractivity (Wildman–Crippen MR) is 129 cm³/mol. The van der Waals surface area contributed by atoms with Crippen molar-refractivity contribution >= 4 is 17.5 Å². The van der Waals surface area contributed by atoms with E-state index in [0.717, 1.165) is 43.5 Å². The number of likely N-dealkylation sites (tertiary alicyclic amines) is 1. The van der Waals surface area contributed by atoms with Crippen LogP contribution in [0, 0.1) is 0 Å². The molecule has 3 aromatic rings. The Hall–Kier alpha value is -3.67. The zero-order valence-corrected chi connectivity index (χ0v) is 18.9. The molecule has 6 heteroatoms. The highest BCUT2D eigenvalue weighted by Gasteiger charge is 2.22. The molecule has 0 radical (unpaired) electrons. The molecule has 2 heterocycles. The molecule has 1 aromatic heterocycles. The number of nitrogens with one attached hydrogen (secondary N) is 1. The maximum atomic E-state index is 13.1. The lowest BCUT2D eigenvalue weighted by Crippen LogP contribution is -2.36. The normalized spacial score (nSPS) is 13.7. The van der Waals surface area contributed by atoms with Crippen LogP contribution in [0.4, 0.5) is 5.69 Å². The topological polar surface area (TPSA) is 71.4 Å². The second kappa shape index (κ2) is 10.3. The number of carbonyl (C=O) groups is 2. The molecule has 6 nitrogen and oxygen atoms in total. The number of aromatic nitrogens is 1. The Morgan fingerprint density at radius 2 is 1.48 bits per heavy atom. The summed E-state index contributed by atoms with van der Waals surface area (Å²) in [7, 11) is 1.60. The van der Waals surface area contributed by atoms with Gasteiger partial charge in [-0.15, -0.1) is 0 Å². The fraction of sp³-hybridized carbons (Fsp3) is 0.296. The average Bonchev–Trinajstić information content (AvgIpc) is 2.86. The molecule has 170 valence electrons. The molecule has 1 aliphatic heterocycles. The van der Waals surface area contributed by atoms with Crippen LogP contribution in [0.25, 0.3) is 0 Å². The fourth-order valence-electron chi connectivity index (χ4n) is 4.38. The lowest BCUT2D eigenvalue weighted by atomic mass is 9.88. The van der Waals surface area contributed by atoms with E-state index >= 15 is 0 Å². The number of rotatable bonds is 6. The lowest BCUT2D eigenvalue weighted by Gasteiger charge is -2.27. The molecule has 1 aliphatic rings. The third-order valence-electron chi connectivity index (χ3n) is 6.14. The van der Waals surface area contributed by atoms with Crippen molar-refractivity contribution in [1.82, 2.24) is 9.47 Å². The zero-order chi connectivity index (χ0) is 23.2. The van der Waals surface area contributed by atoms with Crippen molar-refractivity contribution in [1.29, 1.82) is 0 Å². The molecule has 0 spiro atoms. The van der Waals surface area contributed by atoms with Gasteiger partial charge in [0.15, 0.2) is 0 Å². The monoisotopic (exact) mass is 443 g/mol. The van der Waals surface area contributed by atoms with Crippen molar-refractivity contribution in [3.05, 3.63) is 100.0 Å². The van der Waals surface area contributed by atoms with E-state index in [1.165, 1.54) is 10.6 Å². The number of aryl methyl sites for hydroxylation is 1. The summed E-state index contributed by atoms with van der Waals surface area (Å²) in [5.74, 6) is -0.519. The second-order valence-electron chi connectivity index (χ2n) is 8.54. The average molecular weight is 444 g/mol. The Morgan fingerprint density at radius 1 is 0.909 bits per heavy atom. The first-order valence-electron chi connectivity index (χ1n) is 11.4. The first-order chi connectivity index (χ1) is 16.0. The minimum atomic E-state index is -0.338. The van der Waals surface area contributed by atoms with Crippen LogP contribution in [0.2, 0.25) is 0 Å². The van der Waals surface area contributed by atoms with Crippen LogP contribution in [-0.4, -0.2) is 34.4 Å². The van der Waals surface area contributed by atoms with E-state index in [0.29, 0.717) is 5.56 Å². The van der Waals surface area contributed by atoms with E-state index < -0.39 is 0 Å². The standard InChI is InChI=1S/C27H29N3O3/c1-29-19-22(26(32)30-15-9-4-10-16-30)17-24(27(29)33)28-25(31)18-23(20-11-5-2-6-12-20)21-13-7-3-8-14-21/h2-3,5-8,11-14,17,19,23H,4,9-10,15-16,18H2,1H3,(H,28,31). The van der Waals surface area contributed by atoms with Crippen LogP contribution >= 0.6 is 0 Å². The maximum absolute atomic E-state index is 13.1. The molecular weight excluding hydrogens is 414 g/mol. The zero-order valence-electron chi connectivity index (χ0n) is 18.9. The number of pyridine rings is 1. The van der Waals surface area contributed by atoms with Crippen molar-refractivity contribution in [3.8, 4) is 0 Å². The summed E-state index contributed by atoms with van der Waals surface area (Å²) < 4.78 is 1.36. The van der Waals surface area contributed by atoms with Gasteiger partial charge in [-0.3, -0.25) is 14.4 Å². The van der Waals surface area contributed by atoms with Crippen LogP contribution in [0.15, 0.2) is 77.7 Å². The largest absolute Gasteiger partial charge is 0.339 e. The van der Waals surface area contributed by atoms with Gasteiger partial charge in [0.1, 0.15) is 5.69 Å². The van der Waals surface area contributed by atoms with Crippen LogP contribution in [0.3, 0.4) is 0 Å². The molecule has 2 amide bonds. The van der Waals surface area contributed by atoms with Crippen LogP contribution < -0.4 is 10.9 Å². The molecule has 0 aliphatic carbocycles. The minimum Gasteiger partial charge on any atom is -0.339 e. The van der Waals surface area contributed by atoms with Crippen molar-refractivity contribution < 1.29 is 9.59 Å². The first-order valence-corrected chi connectivity index (χ1v) is 11.4. The van der Waals surface area contributed by atoms with Gasteiger partial charge in [0.2, 0.25) is 5.91 Å². The van der Waals surface area contributed by atoms with E-state index in [4.69, 9.17) is 0 Å². The Bertz CT molecular complexity index is 1130. The van der Waals surface area contributed by atoms with Crippen LogP contribution in [0.1, 0.15) is 53.1 Å². The molecule has 0 unspecified atom stereocenters. The van der Waals surface area contributed by atoms with Gasteiger partial charge in [-0.2, -0.15) is 0 Å². The maximum Gasteiger partial charge on any atom is 0.274 e. The third-order valence-corrected chi connectivity index (χ3v) is 6.14. The van der Waals surface area contributed by atoms with E-state index in [9.17, 15) is 14.4 Å². The molecule has 0 saturated carbocycles. The highest BCUT2D eigenvalue weighted by Crippen LogP contribution is 2.28. The molecule has 0 atom stereocenters. The third kappa shape index (κ3) is 5.40. The van der Waals surface area contributed by atoms with Crippen LogP contribution in [0.5, 0.6) is 0 Å². The Labute approximate surface area is 193 Å². The first kappa shape index (κ1) is 22.5. The number of piperidine rings is 1. The summed E-state index contributed by atoms with van der Waals surface area (Å²) in [4.78, 5) is 40.5. The smallest absolute Gasteiger partial charge is 0.274 e. The van der Waals surface area contributed by atoms with Crippen molar-refractivity contribution in [2.75, 3.05) is 18.4 Å². The number of anilines is 1. The van der Waals surface area contributed by atoms with E-state index in [2.05, 4.69) is 5.32 Å². The van der Waals surface area contributed by atoms with Gasteiger partial charge in [-0.25, -0.2) is 0 Å². The Morgan fingerprint density at radius 3 is 2.06 bits per heavy atom. The van der Waals surface area contributed by atoms with Gasteiger partial charge in [0.25, 0.3) is 11.5 Å². The number of amides is 2. The molecule has 33 heavy (non-hydrogen) atoms. The van der Waals surface area contributed by atoms with E-state index in [-0.39, 0.29) is 35.4 Å². The van der Waals surface area contributed by atoms with E-state index in [1.54, 1.807) is 13.2 Å². The molecule has 0 bridgehead atoms. The van der Waals surface area contributed by atoms with Crippen LogP contribution in [-0.2, 0) is 11.8 Å². The summed E-state index contributed by atoms with van der Waals surface area (Å²) >= 11 is 0. The number of benzene rings is 2. The van der Waals surface area contributed by atoms with Gasteiger partial charge in [-0.1, -0.05) is 60.7 Å². The van der Waals surface area contributed by atoms with Gasteiger partial charge >= 0.3 is 0 Å². The van der Waals surface area contributed by atoms with Gasteiger partial charge in [-0.05, 0) is 36.5 Å². The number of hydrogen-bond acceptors (Lipinski definition) is 3. The van der Waals surface area contributed by atoms with Crippen molar-refractivity contribution in [3.63, 3.8) is 0 Å².